The van der Waals surface area contributed by atoms with E-state index >= 15 is 0 Å². The third-order valence-corrected chi connectivity index (χ3v) is 20.1. The Bertz CT molecular complexity index is 4380. The predicted octanol–water partition coefficient (Wildman–Crippen LogP) is 9.56. The number of aromatic nitrogens is 9. The van der Waals surface area contributed by atoms with E-state index in [4.69, 9.17) is 70.3 Å². The van der Waals surface area contributed by atoms with Crippen molar-refractivity contribution in [2.24, 2.45) is 0 Å². The number of halogens is 3. The number of rotatable bonds is 25. The van der Waals surface area contributed by atoms with E-state index in [0.717, 1.165) is 91.5 Å². The smallest absolute Gasteiger partial charge is 0.260 e. The van der Waals surface area contributed by atoms with Crippen molar-refractivity contribution in [2.45, 2.75) is 127 Å². The number of aromatic amines is 3. The van der Waals surface area contributed by atoms with Gasteiger partial charge in [-0.15, -0.1) is 11.6 Å². The van der Waals surface area contributed by atoms with E-state index in [-0.39, 0.29) is 95.5 Å². The summed E-state index contributed by atoms with van der Waals surface area (Å²) in [6.07, 6.45) is 14.3. The van der Waals surface area contributed by atoms with Crippen LogP contribution in [0.2, 0.25) is 10.3 Å². The van der Waals surface area contributed by atoms with E-state index in [2.05, 4.69) is 59.6 Å². The number of ether oxygens (including phenoxy) is 4. The first-order chi connectivity index (χ1) is 50.7. The lowest BCUT2D eigenvalue weighted by Gasteiger charge is -2.19. The van der Waals surface area contributed by atoms with E-state index in [9.17, 15) is 33.6 Å². The fraction of sp³-hybridized carbons (Fsp3) is 0.480. The molecule has 0 spiro atoms. The number of alkyl halides is 1. The number of aryl methyl sites for hydroxylation is 5. The molecule has 8 N–H and O–H groups in total. The second-order valence-electron chi connectivity index (χ2n) is 26.5. The number of amides is 2. The summed E-state index contributed by atoms with van der Waals surface area (Å²) in [6.45, 7) is 29.7. The molecule has 0 unspecified atom stereocenters. The summed E-state index contributed by atoms with van der Waals surface area (Å²) in [7, 11) is 3.22. The highest BCUT2D eigenvalue weighted by Gasteiger charge is 2.39. The van der Waals surface area contributed by atoms with Gasteiger partial charge < -0.3 is 65.2 Å². The Labute approximate surface area is 632 Å². The maximum atomic E-state index is 13.9. The van der Waals surface area contributed by atoms with Crippen molar-refractivity contribution in [3.8, 4) is 11.5 Å². The number of fused-ring (bicyclic) bond motifs is 2. The number of nitrogens with one attached hydrogen (secondary N) is 3. The van der Waals surface area contributed by atoms with E-state index in [1.165, 1.54) is 61.4 Å². The Balaban J connectivity index is 0.000000187. The molecule has 0 radical (unpaired) electrons. The molecule has 28 nitrogen and oxygen atoms in total. The highest BCUT2D eigenvalue weighted by Crippen LogP contribution is 2.43. The van der Waals surface area contributed by atoms with Gasteiger partial charge in [0.05, 0.1) is 93.3 Å². The van der Waals surface area contributed by atoms with E-state index in [1.807, 2.05) is 41.5 Å². The Kier molecular flexibility index (Phi) is 30.2. The number of carbonyl (C=O) groups excluding carboxylic acids is 7. The van der Waals surface area contributed by atoms with Crippen molar-refractivity contribution in [3.05, 3.63) is 135 Å². The topological polar surface area (TPSA) is 370 Å². The molecule has 3 saturated heterocycles. The van der Waals surface area contributed by atoms with Gasteiger partial charge in [-0.2, -0.15) is 9.97 Å². The van der Waals surface area contributed by atoms with Crippen LogP contribution in [0.4, 0.5) is 23.5 Å². The van der Waals surface area contributed by atoms with Gasteiger partial charge in [0.15, 0.2) is 35.7 Å². The summed E-state index contributed by atoms with van der Waals surface area (Å²) in [6, 6.07) is 0. The van der Waals surface area contributed by atoms with Crippen LogP contribution in [0, 0.1) is 69.2 Å². The molecule has 7 aromatic rings. The molecule has 0 aromatic carbocycles. The molecule has 0 saturated carbocycles. The fourth-order valence-electron chi connectivity index (χ4n) is 13.8. The lowest BCUT2D eigenvalue weighted by atomic mass is 10.0. The maximum Gasteiger partial charge on any atom is 0.260 e. The van der Waals surface area contributed by atoms with E-state index < -0.39 is 0 Å². The Morgan fingerprint density at radius 3 is 1.39 bits per heavy atom. The van der Waals surface area contributed by atoms with Crippen LogP contribution in [-0.4, -0.2) is 218 Å². The van der Waals surface area contributed by atoms with Gasteiger partial charge in [-0.25, -0.2) is 9.97 Å². The van der Waals surface area contributed by atoms with Gasteiger partial charge in [-0.3, -0.25) is 53.3 Å². The van der Waals surface area contributed by atoms with Crippen LogP contribution in [0.25, 0.3) is 11.6 Å². The number of hydrogen-bond acceptors (Lipinski definition) is 23. The first-order valence-corrected chi connectivity index (χ1v) is 36.5. The van der Waals surface area contributed by atoms with Crippen LogP contribution in [0.15, 0.2) is 12.4 Å². The molecular weight excluding hydrogens is 1420 g/mol. The Morgan fingerprint density at radius 1 is 0.557 bits per heavy atom. The van der Waals surface area contributed by atoms with Crippen molar-refractivity contribution < 1.29 is 57.6 Å². The SMILES string of the molecule is COc1c(C)cnc(CN2C(=O)/C(=C\c3[nH]c(C)c(C(=O)COCCN4CCCC4)c3C)c3c(Cl)nc(N)nc32)c1C.COc1c(C)cnc(CN2C(=O)Cc3c(Cl)nc(N)nc32)c1C.Cc1[nH]c(C=O)c(C)c1C(=O)CCl.Cc1[nH]c(C=O)c(C)c1C(=O)COCCN1CCCC1.OCCN1CCCC1. The number of H-pyrrole nitrogens is 3. The molecule has 12 rings (SSSR count). The predicted molar refractivity (Wildman–Crippen MR) is 408 cm³/mol. The zero-order valence-electron chi connectivity index (χ0n) is 62.5. The van der Waals surface area contributed by atoms with Crippen molar-refractivity contribution in [2.75, 3.05) is 133 Å². The van der Waals surface area contributed by atoms with E-state index in [0.29, 0.717) is 122 Å². The molecule has 2 amide bonds. The number of β-amino-alcohol motifs (C(OH)–C–C–N with tert-alkyl or cyclic N) is 1. The summed E-state index contributed by atoms with van der Waals surface area (Å²) >= 11 is 18.0. The third kappa shape index (κ3) is 20.0. The van der Waals surface area contributed by atoms with Crippen molar-refractivity contribution in [3.63, 3.8) is 0 Å². The number of nitrogens with two attached hydrogens (primary N) is 2. The quantitative estimate of drug-likeness (QED) is 0.00774. The third-order valence-electron chi connectivity index (χ3n) is 19.3. The standard InChI is InChI=1S/C30H36ClN7O4.C15H16ClN5O2.C15H22N2O3.C9H10ClNO2.C6H13NO/c1-16-13-33-22(18(3)26(16)41-5)14-38-28-25(27(31)35-30(32)36-28)20(29(38)40)12-21-17(2)24(19(4)34-21)23(39)15-42-11-10-37-8-6-7-9-37;1-7-5-18-10(8(2)12(7)23-3)6-21-11(22)4-9-13(16)19-15(17)20-14(9)21;1-11-13(9-18)16-12(2)15(11)14(19)10-20-8-7-17-5-3-4-6-17;1-5-7(4-12)11-6(2)9(5)8(13)3-10;8-6-5-7-3-1-2-4-7/h12-13,34H,6-11,14-15H2,1-5H3,(H2,32,35,36);5H,4,6H2,1-3H3,(H2,17,19,20);9,16H,3-8,10H2,1-2H3;4,11H,3H2,1-2H3;8H,1-6H2/b20-12-;;;;. The molecule has 31 heteroatoms. The van der Waals surface area contributed by atoms with Gasteiger partial charge in [-0.1, -0.05) is 23.2 Å². The number of pyridine rings is 2. The molecule has 7 aromatic heterocycles. The fourth-order valence-corrected chi connectivity index (χ4v) is 14.5. The van der Waals surface area contributed by atoms with Crippen LogP contribution < -0.4 is 30.7 Å². The van der Waals surface area contributed by atoms with Gasteiger partial charge in [0.1, 0.15) is 40.8 Å². The average Bonchev–Trinajstić information content (AvgIpc) is 1.59. The molecule has 0 bridgehead atoms. The van der Waals surface area contributed by atoms with Crippen molar-refractivity contribution in [1.82, 2.24) is 59.6 Å². The van der Waals surface area contributed by atoms with Crippen LogP contribution in [0.1, 0.15) is 175 Å². The lowest BCUT2D eigenvalue weighted by Crippen LogP contribution is -2.28. The number of aliphatic hydroxyl groups excluding tert-OH is 1. The normalized spacial score (nSPS) is 15.2. The van der Waals surface area contributed by atoms with Crippen LogP contribution in [0.5, 0.6) is 11.5 Å². The minimum Gasteiger partial charge on any atom is -0.496 e. The molecule has 0 aliphatic carbocycles. The number of hydrogen-bond donors (Lipinski definition) is 6. The number of likely N-dealkylation sites (tertiary alicyclic amines) is 3. The number of carbonyl (C=O) groups is 7. The second kappa shape index (κ2) is 38.6. The number of ketones is 3. The molecule has 5 aliphatic heterocycles. The first kappa shape index (κ1) is 82.8. The number of Topliss-reactive ketones (excluding diaryl/α,β-unsaturated/α-hetero) is 3. The number of aliphatic hydroxyl groups is 1. The van der Waals surface area contributed by atoms with Gasteiger partial charge in [0.2, 0.25) is 17.8 Å². The Morgan fingerprint density at radius 2 is 0.962 bits per heavy atom. The number of aldehydes is 2. The molecule has 106 heavy (non-hydrogen) atoms. The summed E-state index contributed by atoms with van der Waals surface area (Å²) in [5, 5.41) is 8.77. The lowest BCUT2D eigenvalue weighted by molar-refractivity contribution is -0.117. The number of anilines is 4. The van der Waals surface area contributed by atoms with Gasteiger partial charge >= 0.3 is 0 Å². The van der Waals surface area contributed by atoms with Crippen LogP contribution >= 0.6 is 34.8 Å². The highest BCUT2D eigenvalue weighted by molar-refractivity contribution is 6.41. The first-order valence-electron chi connectivity index (χ1n) is 35.2. The minimum absolute atomic E-state index is 0.00969. The number of nitrogen functional groups attached to an aromatic ring is 2. The zero-order valence-corrected chi connectivity index (χ0v) is 64.8. The largest absolute Gasteiger partial charge is 0.496 e. The van der Waals surface area contributed by atoms with Gasteiger partial charge in [-0.05, 0) is 170 Å². The minimum atomic E-state index is -0.336. The molecule has 12 heterocycles. The molecule has 0 atom stereocenters. The molecular formula is C75H97Cl3N16O12. The highest BCUT2D eigenvalue weighted by atomic mass is 35.5. The number of methoxy groups -OCH3 is 2. The summed E-state index contributed by atoms with van der Waals surface area (Å²) < 4.78 is 22.1. The maximum absolute atomic E-state index is 13.9. The molecule has 5 aliphatic rings. The van der Waals surface area contributed by atoms with Gasteiger partial charge in [0.25, 0.3) is 5.91 Å². The second-order valence-corrected chi connectivity index (χ2v) is 27.5. The number of nitrogens with zero attached hydrogens (tertiary/aromatic N) is 11. The average molecular weight is 1520 g/mol. The summed E-state index contributed by atoms with van der Waals surface area (Å²) in [5.74, 6) is 1.38. The van der Waals surface area contributed by atoms with Crippen LogP contribution in [0.3, 0.4) is 0 Å². The van der Waals surface area contributed by atoms with Gasteiger partial charge in [0, 0.05) is 99.3 Å². The molecule has 3 fully saturated rings. The monoisotopic (exact) mass is 1520 g/mol. The Hall–Kier alpha value is -8.84. The zero-order chi connectivity index (χ0) is 77.2. The summed E-state index contributed by atoms with van der Waals surface area (Å²) in [5.41, 5.74) is 25.2. The summed E-state index contributed by atoms with van der Waals surface area (Å²) in [4.78, 5) is 129. The van der Waals surface area contributed by atoms with E-state index in [1.54, 1.807) is 60.4 Å². The molecule has 570 valence electrons. The van der Waals surface area contributed by atoms with Crippen LogP contribution in [-0.2, 0) is 38.6 Å². The van der Waals surface area contributed by atoms with Crippen molar-refractivity contribution >= 4 is 112 Å². The van der Waals surface area contributed by atoms with Crippen molar-refractivity contribution in [1.29, 1.82) is 0 Å².